The third kappa shape index (κ3) is 3.00. The van der Waals surface area contributed by atoms with Crippen molar-refractivity contribution >= 4 is 39.8 Å². The van der Waals surface area contributed by atoms with E-state index in [4.69, 9.17) is 0 Å². The van der Waals surface area contributed by atoms with Gasteiger partial charge in [0.2, 0.25) is 0 Å². The number of halogens is 1. The van der Waals surface area contributed by atoms with Gasteiger partial charge >= 0.3 is 0 Å². The Morgan fingerprint density at radius 1 is 1.32 bits per heavy atom. The average molecular weight is 383 g/mol. The first-order valence-corrected chi connectivity index (χ1v) is 8.26. The Morgan fingerprint density at radius 3 is 3.00 bits per heavy atom. The molecule has 2 aromatic rings. The zero-order valence-electron chi connectivity index (χ0n) is 10.4. The molecule has 1 heterocycles. The van der Waals surface area contributed by atoms with E-state index in [9.17, 15) is 4.79 Å². The van der Waals surface area contributed by atoms with Crippen LogP contribution in [-0.4, -0.2) is 5.91 Å². The van der Waals surface area contributed by atoms with Crippen LogP contribution in [0.25, 0.3) is 0 Å². The lowest BCUT2D eigenvalue weighted by Gasteiger charge is -2.04. The Bertz CT molecular complexity index is 599. The summed E-state index contributed by atoms with van der Waals surface area (Å²) in [6, 6.07) is 9.91. The number of aryl methyl sites for hydroxylation is 2. The Hall–Kier alpha value is -0.880. The number of hydrogen-bond acceptors (Lipinski definition) is 2. The van der Waals surface area contributed by atoms with E-state index < -0.39 is 0 Å². The Labute approximate surface area is 130 Å². The molecule has 1 aliphatic carbocycles. The normalized spacial score (nSPS) is 13.3. The maximum absolute atomic E-state index is 12.0. The van der Waals surface area contributed by atoms with Crippen molar-refractivity contribution in [3.63, 3.8) is 0 Å². The SMILES string of the molecule is O=C(NCc1cc2c(s1)CCC2)c1cccc(I)c1. The lowest BCUT2D eigenvalue weighted by Crippen LogP contribution is -2.22. The molecule has 0 unspecified atom stereocenters. The molecule has 98 valence electrons. The molecule has 1 amide bonds. The largest absolute Gasteiger partial charge is 0.347 e. The summed E-state index contributed by atoms with van der Waals surface area (Å²) in [5.74, 6) is 0.00655. The zero-order valence-corrected chi connectivity index (χ0v) is 13.4. The zero-order chi connectivity index (χ0) is 13.2. The number of thiophene rings is 1. The van der Waals surface area contributed by atoms with Crippen LogP contribution in [0.1, 0.15) is 32.1 Å². The van der Waals surface area contributed by atoms with Crippen molar-refractivity contribution in [2.75, 3.05) is 0 Å². The quantitative estimate of drug-likeness (QED) is 0.804. The highest BCUT2D eigenvalue weighted by Crippen LogP contribution is 2.30. The summed E-state index contributed by atoms with van der Waals surface area (Å²) in [5, 5.41) is 3.00. The van der Waals surface area contributed by atoms with Crippen molar-refractivity contribution in [3.8, 4) is 0 Å². The molecule has 2 nitrogen and oxygen atoms in total. The molecule has 0 radical (unpaired) electrons. The van der Waals surface area contributed by atoms with Gasteiger partial charge in [0.25, 0.3) is 5.91 Å². The molecule has 1 aromatic heterocycles. The first-order valence-electron chi connectivity index (χ1n) is 6.36. The van der Waals surface area contributed by atoms with E-state index in [-0.39, 0.29) is 5.91 Å². The van der Waals surface area contributed by atoms with Crippen LogP contribution in [0.15, 0.2) is 30.3 Å². The highest BCUT2D eigenvalue weighted by molar-refractivity contribution is 14.1. The first-order chi connectivity index (χ1) is 9.22. The molecular formula is C15H14INOS. The minimum Gasteiger partial charge on any atom is -0.347 e. The van der Waals surface area contributed by atoms with Gasteiger partial charge in [0.15, 0.2) is 0 Å². The number of nitrogens with one attached hydrogen (secondary N) is 1. The predicted molar refractivity (Wildman–Crippen MR) is 86.7 cm³/mol. The van der Waals surface area contributed by atoms with E-state index in [2.05, 4.69) is 34.0 Å². The number of rotatable bonds is 3. The summed E-state index contributed by atoms with van der Waals surface area (Å²) >= 11 is 4.07. The lowest BCUT2D eigenvalue weighted by atomic mass is 10.2. The molecule has 1 N–H and O–H groups in total. The molecular weight excluding hydrogens is 369 g/mol. The van der Waals surface area contributed by atoms with Crippen molar-refractivity contribution < 1.29 is 4.79 Å². The summed E-state index contributed by atoms with van der Waals surface area (Å²) < 4.78 is 1.08. The fraction of sp³-hybridized carbons (Fsp3) is 0.267. The third-order valence-electron chi connectivity index (χ3n) is 3.31. The number of carbonyl (C=O) groups excluding carboxylic acids is 1. The van der Waals surface area contributed by atoms with Gasteiger partial charge in [-0.2, -0.15) is 0 Å². The fourth-order valence-corrected chi connectivity index (χ4v) is 4.12. The summed E-state index contributed by atoms with van der Waals surface area (Å²) in [6.07, 6.45) is 3.71. The molecule has 4 heteroatoms. The molecule has 1 aromatic carbocycles. The maximum Gasteiger partial charge on any atom is 0.251 e. The Balaban J connectivity index is 1.64. The first kappa shape index (κ1) is 13.1. The topological polar surface area (TPSA) is 29.1 Å². The van der Waals surface area contributed by atoms with Crippen LogP contribution in [0.5, 0.6) is 0 Å². The van der Waals surface area contributed by atoms with Gasteiger partial charge in [-0.05, 0) is 71.7 Å². The molecule has 19 heavy (non-hydrogen) atoms. The van der Waals surface area contributed by atoms with Gasteiger partial charge in [-0.25, -0.2) is 0 Å². The number of fused-ring (bicyclic) bond motifs is 1. The van der Waals surface area contributed by atoms with Crippen LogP contribution >= 0.6 is 33.9 Å². The molecule has 0 spiro atoms. The third-order valence-corrected chi connectivity index (χ3v) is 5.22. The van der Waals surface area contributed by atoms with Crippen LogP contribution in [0, 0.1) is 3.57 Å². The molecule has 0 aliphatic heterocycles. The van der Waals surface area contributed by atoms with Crippen LogP contribution in [-0.2, 0) is 19.4 Å². The van der Waals surface area contributed by atoms with Crippen LogP contribution in [0.2, 0.25) is 0 Å². The summed E-state index contributed by atoms with van der Waals surface area (Å²) in [6.45, 7) is 0.641. The van der Waals surface area contributed by atoms with E-state index in [1.165, 1.54) is 34.6 Å². The van der Waals surface area contributed by atoms with E-state index in [0.717, 1.165) is 9.13 Å². The minimum atomic E-state index is 0.00655. The molecule has 0 saturated heterocycles. The molecule has 0 bridgehead atoms. The van der Waals surface area contributed by atoms with Gasteiger partial charge in [0.05, 0.1) is 6.54 Å². The van der Waals surface area contributed by atoms with Crippen molar-refractivity contribution in [2.24, 2.45) is 0 Å². The second-order valence-electron chi connectivity index (χ2n) is 4.71. The summed E-state index contributed by atoms with van der Waals surface area (Å²) in [7, 11) is 0. The van der Waals surface area contributed by atoms with E-state index >= 15 is 0 Å². The van der Waals surface area contributed by atoms with Gasteiger partial charge in [0, 0.05) is 18.9 Å². The van der Waals surface area contributed by atoms with Gasteiger partial charge < -0.3 is 5.32 Å². The second kappa shape index (κ2) is 5.63. The maximum atomic E-state index is 12.0. The molecule has 0 atom stereocenters. The Kier molecular flexibility index (Phi) is 3.88. The number of hydrogen-bond donors (Lipinski definition) is 1. The van der Waals surface area contributed by atoms with E-state index in [1.54, 1.807) is 0 Å². The van der Waals surface area contributed by atoms with Crippen molar-refractivity contribution in [1.82, 2.24) is 5.32 Å². The van der Waals surface area contributed by atoms with E-state index in [1.807, 2.05) is 35.6 Å². The van der Waals surface area contributed by atoms with Crippen LogP contribution in [0.3, 0.4) is 0 Å². The molecule has 0 saturated carbocycles. The Morgan fingerprint density at radius 2 is 2.21 bits per heavy atom. The van der Waals surface area contributed by atoms with Gasteiger partial charge in [0.1, 0.15) is 0 Å². The second-order valence-corrected chi connectivity index (χ2v) is 7.17. The van der Waals surface area contributed by atoms with Crippen LogP contribution in [0.4, 0.5) is 0 Å². The highest BCUT2D eigenvalue weighted by atomic mass is 127. The highest BCUT2D eigenvalue weighted by Gasteiger charge is 2.15. The smallest absolute Gasteiger partial charge is 0.251 e. The fourth-order valence-electron chi connectivity index (χ4n) is 2.38. The van der Waals surface area contributed by atoms with Crippen molar-refractivity contribution in [3.05, 3.63) is 54.8 Å². The van der Waals surface area contributed by atoms with Crippen molar-refractivity contribution in [2.45, 2.75) is 25.8 Å². The average Bonchev–Trinajstić information content (AvgIpc) is 2.96. The standard InChI is InChI=1S/C15H14INOS/c16-12-5-1-4-11(7-12)15(18)17-9-13-8-10-3-2-6-14(10)19-13/h1,4-5,7-8H,2-3,6,9H2,(H,17,18). The molecule has 3 rings (SSSR count). The van der Waals surface area contributed by atoms with Crippen molar-refractivity contribution in [1.29, 1.82) is 0 Å². The summed E-state index contributed by atoms with van der Waals surface area (Å²) in [4.78, 5) is 14.8. The number of carbonyl (C=O) groups is 1. The predicted octanol–water partition coefficient (Wildman–Crippen LogP) is 3.77. The van der Waals surface area contributed by atoms with Crippen LogP contribution < -0.4 is 5.32 Å². The minimum absolute atomic E-state index is 0.00655. The van der Waals surface area contributed by atoms with Gasteiger partial charge in [-0.1, -0.05) is 6.07 Å². The summed E-state index contributed by atoms with van der Waals surface area (Å²) in [5.41, 5.74) is 2.22. The van der Waals surface area contributed by atoms with E-state index in [0.29, 0.717) is 6.54 Å². The number of amides is 1. The number of benzene rings is 1. The lowest BCUT2D eigenvalue weighted by molar-refractivity contribution is 0.0951. The van der Waals surface area contributed by atoms with Gasteiger partial charge in [-0.3, -0.25) is 4.79 Å². The van der Waals surface area contributed by atoms with Gasteiger partial charge in [-0.15, -0.1) is 11.3 Å². The molecule has 0 fully saturated rings. The molecule has 1 aliphatic rings. The monoisotopic (exact) mass is 383 g/mol.